The average Bonchev–Trinajstić information content (AvgIpc) is 2.76. The van der Waals surface area contributed by atoms with E-state index >= 15 is 0 Å². The quantitative estimate of drug-likeness (QED) is 0.866. The molecule has 1 saturated carbocycles. The highest BCUT2D eigenvalue weighted by molar-refractivity contribution is 9.10. The summed E-state index contributed by atoms with van der Waals surface area (Å²) >= 11 is 3.40. The van der Waals surface area contributed by atoms with Gasteiger partial charge in [-0.2, -0.15) is 0 Å². The highest BCUT2D eigenvalue weighted by Gasteiger charge is 2.35. The maximum atomic E-state index is 4.41. The summed E-state index contributed by atoms with van der Waals surface area (Å²) < 4.78 is 0.882. The van der Waals surface area contributed by atoms with Gasteiger partial charge in [0.1, 0.15) is 10.4 Å². The lowest BCUT2D eigenvalue weighted by molar-refractivity contribution is 0.172. The van der Waals surface area contributed by atoms with Gasteiger partial charge < -0.3 is 10.2 Å². The zero-order valence-electron chi connectivity index (χ0n) is 10.5. The van der Waals surface area contributed by atoms with Gasteiger partial charge in [0.15, 0.2) is 0 Å². The second-order valence-corrected chi connectivity index (χ2v) is 5.84. The number of likely N-dealkylation sites (N-methyl/N-ethyl adjacent to an activating group) is 1. The van der Waals surface area contributed by atoms with Crippen LogP contribution in [0.5, 0.6) is 0 Å². The Balaban J connectivity index is 2.01. The van der Waals surface area contributed by atoms with Gasteiger partial charge in [-0.15, -0.1) is 0 Å². The zero-order valence-corrected chi connectivity index (χ0v) is 12.1. The van der Waals surface area contributed by atoms with Crippen molar-refractivity contribution in [2.45, 2.75) is 31.2 Å². The lowest BCUT2D eigenvalue weighted by Gasteiger charge is -2.36. The molecule has 1 heterocycles. The number of rotatable bonds is 4. The molecule has 0 aromatic carbocycles. The summed E-state index contributed by atoms with van der Waals surface area (Å²) in [6, 6.07) is 5.97. The Labute approximate surface area is 112 Å². The molecule has 1 aromatic heterocycles. The Morgan fingerprint density at radius 1 is 1.35 bits per heavy atom. The SMILES string of the molecule is CN(C)C1(CNc2cccc(Br)n2)CCCC1. The monoisotopic (exact) mass is 297 g/mol. The van der Waals surface area contributed by atoms with Crippen molar-refractivity contribution >= 4 is 21.7 Å². The van der Waals surface area contributed by atoms with Crippen LogP contribution in [0.4, 0.5) is 5.82 Å². The molecule has 1 aliphatic carbocycles. The van der Waals surface area contributed by atoms with Crippen molar-refractivity contribution in [3.8, 4) is 0 Å². The Morgan fingerprint density at radius 2 is 2.06 bits per heavy atom. The summed E-state index contributed by atoms with van der Waals surface area (Å²) in [4.78, 5) is 6.78. The molecular formula is C13H20BrN3. The number of hydrogen-bond donors (Lipinski definition) is 1. The number of pyridine rings is 1. The standard InChI is InChI=1S/C13H20BrN3/c1-17(2)13(8-3-4-9-13)10-15-12-7-5-6-11(14)16-12/h5-7H,3-4,8-10H2,1-2H3,(H,15,16). The molecule has 0 spiro atoms. The van der Waals surface area contributed by atoms with Gasteiger partial charge in [-0.3, -0.25) is 0 Å². The van der Waals surface area contributed by atoms with Crippen molar-refractivity contribution in [3.63, 3.8) is 0 Å². The van der Waals surface area contributed by atoms with Crippen LogP contribution in [-0.2, 0) is 0 Å². The van der Waals surface area contributed by atoms with Crippen LogP contribution in [0.1, 0.15) is 25.7 Å². The minimum atomic E-state index is 0.310. The first-order chi connectivity index (χ1) is 8.12. The van der Waals surface area contributed by atoms with E-state index in [0.717, 1.165) is 17.0 Å². The minimum Gasteiger partial charge on any atom is -0.368 e. The average molecular weight is 298 g/mol. The van der Waals surface area contributed by atoms with Gasteiger partial charge in [-0.1, -0.05) is 18.9 Å². The van der Waals surface area contributed by atoms with Crippen LogP contribution < -0.4 is 5.32 Å². The summed E-state index contributed by atoms with van der Waals surface area (Å²) in [6.45, 7) is 0.976. The van der Waals surface area contributed by atoms with E-state index in [2.05, 4.69) is 45.2 Å². The van der Waals surface area contributed by atoms with Crippen LogP contribution in [0.2, 0.25) is 0 Å². The molecule has 1 N–H and O–H groups in total. The fourth-order valence-corrected chi connectivity index (χ4v) is 2.92. The molecule has 2 rings (SSSR count). The van der Waals surface area contributed by atoms with Crippen LogP contribution >= 0.6 is 15.9 Å². The van der Waals surface area contributed by atoms with Gasteiger partial charge in [0.2, 0.25) is 0 Å². The Bertz CT molecular complexity index is 373. The molecule has 3 nitrogen and oxygen atoms in total. The maximum absolute atomic E-state index is 4.41. The molecule has 1 aromatic rings. The van der Waals surface area contributed by atoms with Crippen LogP contribution in [0.3, 0.4) is 0 Å². The van der Waals surface area contributed by atoms with Crippen molar-refractivity contribution in [2.24, 2.45) is 0 Å². The molecule has 0 atom stereocenters. The number of aromatic nitrogens is 1. The molecule has 94 valence electrons. The molecule has 0 bridgehead atoms. The summed E-state index contributed by atoms with van der Waals surface area (Å²) in [5.41, 5.74) is 0.310. The number of halogens is 1. The van der Waals surface area contributed by atoms with Gasteiger partial charge >= 0.3 is 0 Å². The van der Waals surface area contributed by atoms with Crippen LogP contribution in [0, 0.1) is 0 Å². The van der Waals surface area contributed by atoms with E-state index in [0.29, 0.717) is 5.54 Å². The molecule has 0 amide bonds. The van der Waals surface area contributed by atoms with Crippen molar-refractivity contribution in [1.82, 2.24) is 9.88 Å². The van der Waals surface area contributed by atoms with Crippen LogP contribution in [0.25, 0.3) is 0 Å². The fraction of sp³-hybridized carbons (Fsp3) is 0.615. The normalized spacial score (nSPS) is 18.6. The smallest absolute Gasteiger partial charge is 0.127 e. The molecule has 1 fully saturated rings. The first-order valence-corrected chi connectivity index (χ1v) is 6.96. The molecule has 0 radical (unpaired) electrons. The molecule has 0 unspecified atom stereocenters. The molecule has 1 aliphatic rings. The third-order valence-electron chi connectivity index (χ3n) is 3.80. The number of hydrogen-bond acceptors (Lipinski definition) is 3. The molecule has 17 heavy (non-hydrogen) atoms. The lowest BCUT2D eigenvalue weighted by Crippen LogP contribution is -2.47. The number of anilines is 1. The summed E-state index contributed by atoms with van der Waals surface area (Å²) in [7, 11) is 4.36. The van der Waals surface area contributed by atoms with Crippen molar-refractivity contribution in [3.05, 3.63) is 22.8 Å². The third-order valence-corrected chi connectivity index (χ3v) is 4.24. The highest BCUT2D eigenvalue weighted by atomic mass is 79.9. The van der Waals surface area contributed by atoms with E-state index in [4.69, 9.17) is 0 Å². The van der Waals surface area contributed by atoms with E-state index in [-0.39, 0.29) is 0 Å². The second-order valence-electron chi connectivity index (χ2n) is 5.02. The first kappa shape index (κ1) is 12.8. The number of nitrogens with one attached hydrogen (secondary N) is 1. The van der Waals surface area contributed by atoms with Gasteiger partial charge in [0, 0.05) is 12.1 Å². The summed E-state index contributed by atoms with van der Waals surface area (Å²) in [6.07, 6.45) is 5.24. The predicted molar refractivity (Wildman–Crippen MR) is 75.3 cm³/mol. The largest absolute Gasteiger partial charge is 0.368 e. The van der Waals surface area contributed by atoms with Gasteiger partial charge in [-0.05, 0) is 55.0 Å². The van der Waals surface area contributed by atoms with E-state index in [1.165, 1.54) is 25.7 Å². The van der Waals surface area contributed by atoms with Crippen LogP contribution in [0.15, 0.2) is 22.8 Å². The van der Waals surface area contributed by atoms with E-state index in [1.807, 2.05) is 18.2 Å². The van der Waals surface area contributed by atoms with Gasteiger partial charge in [0.25, 0.3) is 0 Å². The highest BCUT2D eigenvalue weighted by Crippen LogP contribution is 2.33. The van der Waals surface area contributed by atoms with E-state index < -0.39 is 0 Å². The number of nitrogens with zero attached hydrogens (tertiary/aromatic N) is 2. The predicted octanol–water partition coefficient (Wildman–Crippen LogP) is 3.13. The second kappa shape index (κ2) is 5.36. The zero-order chi connectivity index (χ0) is 12.3. The summed E-state index contributed by atoms with van der Waals surface area (Å²) in [5.74, 6) is 0.951. The van der Waals surface area contributed by atoms with E-state index in [1.54, 1.807) is 0 Å². The van der Waals surface area contributed by atoms with Crippen molar-refractivity contribution in [2.75, 3.05) is 26.0 Å². The maximum Gasteiger partial charge on any atom is 0.127 e. The molecular weight excluding hydrogens is 278 g/mol. The Hall–Kier alpha value is -0.610. The Morgan fingerprint density at radius 3 is 2.65 bits per heavy atom. The van der Waals surface area contributed by atoms with Crippen molar-refractivity contribution in [1.29, 1.82) is 0 Å². The van der Waals surface area contributed by atoms with Crippen molar-refractivity contribution < 1.29 is 0 Å². The Kier molecular flexibility index (Phi) is 4.05. The van der Waals surface area contributed by atoms with E-state index in [9.17, 15) is 0 Å². The minimum absolute atomic E-state index is 0.310. The lowest BCUT2D eigenvalue weighted by atomic mass is 9.96. The fourth-order valence-electron chi connectivity index (χ4n) is 2.58. The third kappa shape index (κ3) is 2.99. The van der Waals surface area contributed by atoms with Crippen LogP contribution in [-0.4, -0.2) is 36.1 Å². The molecule has 0 aliphatic heterocycles. The summed E-state index contributed by atoms with van der Waals surface area (Å²) in [5, 5.41) is 3.47. The molecule has 4 heteroatoms. The van der Waals surface area contributed by atoms with Gasteiger partial charge in [-0.25, -0.2) is 4.98 Å². The molecule has 0 saturated heterocycles. The van der Waals surface area contributed by atoms with Gasteiger partial charge in [0.05, 0.1) is 0 Å². The topological polar surface area (TPSA) is 28.2 Å². The first-order valence-electron chi connectivity index (χ1n) is 6.16.